The number of carbonyl (C=O) groups excluding carboxylic acids is 1. The predicted octanol–water partition coefficient (Wildman–Crippen LogP) is 1.05. The highest BCUT2D eigenvalue weighted by atomic mass is 16.7. The zero-order valence-electron chi connectivity index (χ0n) is 11.0. The summed E-state index contributed by atoms with van der Waals surface area (Å²) in [6.45, 7) is 0. The number of nitrogens with one attached hydrogen (secondary N) is 1. The van der Waals surface area contributed by atoms with E-state index in [1.165, 1.54) is 0 Å². The molecule has 5 heteroatoms. The molecule has 1 amide bonds. The van der Waals surface area contributed by atoms with Crippen LogP contribution in [0.25, 0.3) is 0 Å². The van der Waals surface area contributed by atoms with Gasteiger partial charge in [0.05, 0.1) is 0 Å². The number of amides is 1. The van der Waals surface area contributed by atoms with Gasteiger partial charge < -0.3 is 5.02 Å². The molecule has 4 nitrogen and oxygen atoms in total. The first kappa shape index (κ1) is 14.3. The highest BCUT2D eigenvalue weighted by Gasteiger charge is 2.17. The number of carbonyl (C=O) groups is 1. The van der Waals surface area contributed by atoms with Crippen molar-refractivity contribution in [1.82, 2.24) is 5.48 Å². The standard InChI is InChI=1S/C15H16BNO3/c18-15(12-11-13-7-3-1-4-8-13)17-20-16(19)14-9-5-2-6-10-14/h1-10,19H,11-12H2,(H,17,18). The summed E-state index contributed by atoms with van der Waals surface area (Å²) >= 11 is 0. The Morgan fingerprint density at radius 1 is 1.05 bits per heavy atom. The SMILES string of the molecule is O=C(CCc1ccccc1)NOB(O)c1ccccc1. The lowest BCUT2D eigenvalue weighted by Gasteiger charge is -2.09. The lowest BCUT2D eigenvalue weighted by Crippen LogP contribution is -2.40. The zero-order chi connectivity index (χ0) is 14.2. The lowest BCUT2D eigenvalue weighted by atomic mass is 9.80. The van der Waals surface area contributed by atoms with Crippen molar-refractivity contribution in [2.24, 2.45) is 0 Å². The van der Waals surface area contributed by atoms with Crippen LogP contribution in [-0.4, -0.2) is 18.0 Å². The van der Waals surface area contributed by atoms with Gasteiger partial charge in [-0.05, 0) is 17.4 Å². The van der Waals surface area contributed by atoms with Crippen molar-refractivity contribution in [1.29, 1.82) is 0 Å². The van der Waals surface area contributed by atoms with Crippen molar-refractivity contribution in [2.45, 2.75) is 12.8 Å². The van der Waals surface area contributed by atoms with Crippen LogP contribution in [-0.2, 0) is 16.0 Å². The highest BCUT2D eigenvalue weighted by Crippen LogP contribution is 2.02. The molecule has 102 valence electrons. The van der Waals surface area contributed by atoms with Gasteiger partial charge >= 0.3 is 7.12 Å². The van der Waals surface area contributed by atoms with E-state index < -0.39 is 7.12 Å². The van der Waals surface area contributed by atoms with Gasteiger partial charge in [-0.25, -0.2) is 5.48 Å². The summed E-state index contributed by atoms with van der Waals surface area (Å²) in [6, 6.07) is 18.6. The maximum atomic E-state index is 11.6. The molecule has 0 heterocycles. The van der Waals surface area contributed by atoms with E-state index in [9.17, 15) is 9.82 Å². The Morgan fingerprint density at radius 2 is 1.65 bits per heavy atom. The fourth-order valence-corrected chi connectivity index (χ4v) is 1.76. The third-order valence-corrected chi connectivity index (χ3v) is 2.85. The Hall–Kier alpha value is -2.11. The molecule has 0 bridgehead atoms. The molecular weight excluding hydrogens is 253 g/mol. The zero-order valence-corrected chi connectivity index (χ0v) is 11.0. The molecule has 2 aromatic rings. The van der Waals surface area contributed by atoms with Crippen LogP contribution in [0, 0.1) is 0 Å². The summed E-state index contributed by atoms with van der Waals surface area (Å²) in [7, 11) is -1.16. The van der Waals surface area contributed by atoms with E-state index in [0.29, 0.717) is 18.3 Å². The van der Waals surface area contributed by atoms with Crippen molar-refractivity contribution >= 4 is 18.5 Å². The maximum absolute atomic E-state index is 11.6. The van der Waals surface area contributed by atoms with E-state index in [0.717, 1.165) is 5.56 Å². The summed E-state index contributed by atoms with van der Waals surface area (Å²) in [4.78, 5) is 11.6. The first-order valence-electron chi connectivity index (χ1n) is 6.47. The second-order valence-electron chi connectivity index (χ2n) is 4.39. The number of aryl methyl sites for hydroxylation is 1. The summed E-state index contributed by atoms with van der Waals surface area (Å²) in [5, 5.41) is 9.72. The van der Waals surface area contributed by atoms with Crippen LogP contribution in [0.3, 0.4) is 0 Å². The van der Waals surface area contributed by atoms with Gasteiger partial charge in [-0.3, -0.25) is 9.55 Å². The van der Waals surface area contributed by atoms with E-state index in [4.69, 9.17) is 4.76 Å². The second kappa shape index (κ2) is 7.48. The van der Waals surface area contributed by atoms with Crippen molar-refractivity contribution in [2.75, 3.05) is 0 Å². The molecule has 0 saturated heterocycles. The molecule has 0 aliphatic carbocycles. The Labute approximate surface area is 118 Å². The van der Waals surface area contributed by atoms with E-state index in [2.05, 4.69) is 5.48 Å². The third-order valence-electron chi connectivity index (χ3n) is 2.85. The van der Waals surface area contributed by atoms with E-state index in [1.54, 1.807) is 24.3 Å². The monoisotopic (exact) mass is 269 g/mol. The molecule has 0 spiro atoms. The smallest absolute Gasteiger partial charge is 0.422 e. The predicted molar refractivity (Wildman–Crippen MR) is 78.0 cm³/mol. The van der Waals surface area contributed by atoms with E-state index in [-0.39, 0.29) is 5.91 Å². The normalized spacial score (nSPS) is 10.1. The molecule has 0 aromatic heterocycles. The molecule has 0 aliphatic rings. The van der Waals surface area contributed by atoms with Crippen LogP contribution in [0.2, 0.25) is 0 Å². The molecular formula is C15H16BNO3. The van der Waals surface area contributed by atoms with Crippen molar-refractivity contribution < 1.29 is 14.6 Å². The lowest BCUT2D eigenvalue weighted by molar-refractivity contribution is -0.128. The average molecular weight is 269 g/mol. The summed E-state index contributed by atoms with van der Waals surface area (Å²) < 4.78 is 4.93. The van der Waals surface area contributed by atoms with Crippen molar-refractivity contribution in [3.05, 3.63) is 66.2 Å². The van der Waals surface area contributed by atoms with E-state index in [1.807, 2.05) is 36.4 Å². The van der Waals surface area contributed by atoms with Gasteiger partial charge in [0, 0.05) is 6.42 Å². The fourth-order valence-electron chi connectivity index (χ4n) is 1.76. The molecule has 0 atom stereocenters. The molecule has 0 aliphatic heterocycles. The van der Waals surface area contributed by atoms with Crippen LogP contribution in [0.4, 0.5) is 0 Å². The molecule has 2 rings (SSSR count). The second-order valence-corrected chi connectivity index (χ2v) is 4.39. The molecule has 0 saturated carbocycles. The average Bonchev–Trinajstić information content (AvgIpc) is 2.52. The quantitative estimate of drug-likeness (QED) is 0.609. The van der Waals surface area contributed by atoms with Gasteiger partial charge in [0.15, 0.2) is 0 Å². The van der Waals surface area contributed by atoms with Crippen LogP contribution in [0.1, 0.15) is 12.0 Å². The number of hydroxylamine groups is 1. The number of rotatable bonds is 6. The van der Waals surface area contributed by atoms with Crippen LogP contribution in [0.15, 0.2) is 60.7 Å². The maximum Gasteiger partial charge on any atom is 0.514 e. The van der Waals surface area contributed by atoms with Gasteiger partial charge in [0.25, 0.3) is 0 Å². The van der Waals surface area contributed by atoms with Gasteiger partial charge in [-0.2, -0.15) is 0 Å². The molecule has 0 unspecified atom stereocenters. The first-order valence-corrected chi connectivity index (χ1v) is 6.47. The minimum absolute atomic E-state index is 0.260. The van der Waals surface area contributed by atoms with Crippen molar-refractivity contribution in [3.63, 3.8) is 0 Å². The Morgan fingerprint density at radius 3 is 2.30 bits per heavy atom. The van der Waals surface area contributed by atoms with Gasteiger partial charge in [-0.1, -0.05) is 60.7 Å². The van der Waals surface area contributed by atoms with Gasteiger partial charge in [-0.15, -0.1) is 0 Å². The minimum atomic E-state index is -1.16. The van der Waals surface area contributed by atoms with Crippen LogP contribution < -0.4 is 10.9 Å². The first-order chi connectivity index (χ1) is 9.75. The number of hydrogen-bond acceptors (Lipinski definition) is 3. The Kier molecular flexibility index (Phi) is 5.35. The molecule has 0 radical (unpaired) electrons. The summed E-state index contributed by atoms with van der Waals surface area (Å²) in [5.41, 5.74) is 3.94. The third kappa shape index (κ3) is 4.53. The number of hydrogen-bond donors (Lipinski definition) is 2. The molecule has 2 N–H and O–H groups in total. The Balaban J connectivity index is 1.73. The summed E-state index contributed by atoms with van der Waals surface area (Å²) in [6.07, 6.45) is 0.947. The fraction of sp³-hybridized carbons (Fsp3) is 0.133. The van der Waals surface area contributed by atoms with Gasteiger partial charge in [0.2, 0.25) is 5.91 Å². The largest absolute Gasteiger partial charge is 0.514 e. The summed E-state index contributed by atoms with van der Waals surface area (Å²) in [5.74, 6) is -0.260. The van der Waals surface area contributed by atoms with Gasteiger partial charge in [0.1, 0.15) is 0 Å². The van der Waals surface area contributed by atoms with Crippen LogP contribution in [0.5, 0.6) is 0 Å². The molecule has 20 heavy (non-hydrogen) atoms. The van der Waals surface area contributed by atoms with Crippen molar-refractivity contribution in [3.8, 4) is 0 Å². The molecule has 0 fully saturated rings. The Bertz CT molecular complexity index is 533. The topological polar surface area (TPSA) is 58.6 Å². The highest BCUT2D eigenvalue weighted by molar-refractivity contribution is 6.59. The number of benzene rings is 2. The van der Waals surface area contributed by atoms with E-state index >= 15 is 0 Å². The minimum Gasteiger partial charge on any atom is -0.422 e. The van der Waals surface area contributed by atoms with Crippen LogP contribution >= 0.6 is 0 Å². The molecule has 2 aromatic carbocycles.